The largest absolute Gasteiger partial charge is 0.490 e. The van der Waals surface area contributed by atoms with E-state index in [9.17, 15) is 14.4 Å². The number of rotatable bonds is 9. The number of nitrogens with zero attached hydrogens (tertiary/aromatic N) is 1. The van der Waals surface area contributed by atoms with Crippen molar-refractivity contribution >= 4 is 66.6 Å². The van der Waals surface area contributed by atoms with Crippen molar-refractivity contribution in [1.82, 2.24) is 4.90 Å². The summed E-state index contributed by atoms with van der Waals surface area (Å²) in [5.41, 5.74) is 1.08. The van der Waals surface area contributed by atoms with Crippen LogP contribution in [-0.4, -0.2) is 41.6 Å². The molecule has 1 saturated heterocycles. The molecule has 0 atom stereocenters. The molecule has 0 aromatic heterocycles. The van der Waals surface area contributed by atoms with E-state index in [1.807, 2.05) is 6.92 Å². The fourth-order valence-electron chi connectivity index (χ4n) is 2.87. The van der Waals surface area contributed by atoms with Crippen molar-refractivity contribution in [2.75, 3.05) is 19.8 Å². The highest BCUT2D eigenvalue weighted by molar-refractivity contribution is 9.10. The lowest BCUT2D eigenvalue weighted by molar-refractivity contribution is -0.122. The number of hydrogen-bond donors (Lipinski definition) is 0. The molecule has 1 aliphatic rings. The van der Waals surface area contributed by atoms with Crippen LogP contribution in [0.1, 0.15) is 22.8 Å². The minimum Gasteiger partial charge on any atom is -0.490 e. The Balaban J connectivity index is 1.82. The van der Waals surface area contributed by atoms with E-state index in [4.69, 9.17) is 9.47 Å². The summed E-state index contributed by atoms with van der Waals surface area (Å²) in [5, 5.41) is -0.484. The number of Topliss-reactive ketones (excluding diaryl/α,β-unsaturated/α-hetero) is 1. The van der Waals surface area contributed by atoms with E-state index in [2.05, 4.69) is 38.4 Å². The number of benzene rings is 2. The Labute approximate surface area is 206 Å². The van der Waals surface area contributed by atoms with Crippen molar-refractivity contribution in [1.29, 1.82) is 0 Å². The Hall–Kier alpha value is -2.36. The van der Waals surface area contributed by atoms with Gasteiger partial charge < -0.3 is 9.47 Å². The second-order valence-corrected chi connectivity index (χ2v) is 9.32. The fourth-order valence-corrected chi connectivity index (χ4v) is 4.55. The Morgan fingerprint density at radius 1 is 1.16 bits per heavy atom. The van der Waals surface area contributed by atoms with Crippen LogP contribution in [0.5, 0.6) is 11.5 Å². The zero-order chi connectivity index (χ0) is 23.3. The van der Waals surface area contributed by atoms with Crippen LogP contribution in [0.15, 0.2) is 62.9 Å². The van der Waals surface area contributed by atoms with Crippen molar-refractivity contribution < 1.29 is 23.9 Å². The van der Waals surface area contributed by atoms with Gasteiger partial charge in [-0.25, -0.2) is 0 Å². The average molecular weight is 581 g/mol. The molecule has 2 amide bonds. The molecule has 1 aliphatic heterocycles. The van der Waals surface area contributed by atoms with E-state index in [0.29, 0.717) is 40.3 Å². The molecule has 0 radical (unpaired) electrons. The molecule has 0 aliphatic carbocycles. The summed E-state index contributed by atoms with van der Waals surface area (Å²) in [6.07, 6.45) is 3.22. The summed E-state index contributed by atoms with van der Waals surface area (Å²) in [7, 11) is 0. The van der Waals surface area contributed by atoms with E-state index in [0.717, 1.165) is 21.1 Å². The van der Waals surface area contributed by atoms with Crippen molar-refractivity contribution in [2.45, 2.75) is 6.92 Å². The highest BCUT2D eigenvalue weighted by Crippen LogP contribution is 2.39. The van der Waals surface area contributed by atoms with Crippen molar-refractivity contribution in [3.63, 3.8) is 0 Å². The van der Waals surface area contributed by atoms with Crippen LogP contribution in [-0.2, 0) is 4.79 Å². The number of carbonyl (C=O) groups is 3. The first-order valence-corrected chi connectivity index (χ1v) is 12.0. The first kappa shape index (κ1) is 24.3. The van der Waals surface area contributed by atoms with Crippen LogP contribution in [0.3, 0.4) is 0 Å². The summed E-state index contributed by atoms with van der Waals surface area (Å²) in [6, 6.07) is 10.2. The lowest BCUT2D eigenvalue weighted by Gasteiger charge is -2.14. The average Bonchev–Trinajstić information content (AvgIpc) is 3.01. The van der Waals surface area contributed by atoms with Gasteiger partial charge in [0.2, 0.25) is 0 Å². The van der Waals surface area contributed by atoms with Gasteiger partial charge in [-0.2, -0.15) is 0 Å². The zero-order valence-electron chi connectivity index (χ0n) is 17.1. The predicted octanol–water partition coefficient (Wildman–Crippen LogP) is 6.09. The second-order valence-electron chi connectivity index (χ2n) is 6.56. The third kappa shape index (κ3) is 5.70. The maximum atomic E-state index is 12.8. The van der Waals surface area contributed by atoms with Crippen molar-refractivity contribution in [2.24, 2.45) is 0 Å². The van der Waals surface area contributed by atoms with Gasteiger partial charge in [-0.05, 0) is 70.5 Å². The number of ether oxygens (including phenoxy) is 2. The highest BCUT2D eigenvalue weighted by Gasteiger charge is 2.36. The lowest BCUT2D eigenvalue weighted by atomic mass is 10.1. The summed E-state index contributed by atoms with van der Waals surface area (Å²) in [5.74, 6) is 0.203. The van der Waals surface area contributed by atoms with E-state index >= 15 is 0 Å². The van der Waals surface area contributed by atoms with E-state index in [1.54, 1.807) is 48.6 Å². The van der Waals surface area contributed by atoms with Gasteiger partial charge >= 0.3 is 0 Å². The van der Waals surface area contributed by atoms with E-state index in [1.165, 1.54) is 0 Å². The van der Waals surface area contributed by atoms with Crippen LogP contribution >= 0.6 is 43.6 Å². The molecule has 0 saturated carbocycles. The Kier molecular flexibility index (Phi) is 8.33. The number of hydrogen-bond acceptors (Lipinski definition) is 6. The first-order chi connectivity index (χ1) is 15.3. The number of imide groups is 1. The molecule has 0 unspecified atom stereocenters. The quantitative estimate of drug-likeness (QED) is 0.203. The minimum absolute atomic E-state index is 0.229. The van der Waals surface area contributed by atoms with Gasteiger partial charge in [0.15, 0.2) is 17.3 Å². The molecule has 2 aromatic rings. The third-order valence-corrected chi connectivity index (χ3v) is 6.34. The molecular weight excluding hydrogens is 562 g/mol. The summed E-state index contributed by atoms with van der Waals surface area (Å²) >= 11 is 7.57. The van der Waals surface area contributed by atoms with Crippen molar-refractivity contribution in [3.05, 3.63) is 74.0 Å². The van der Waals surface area contributed by atoms with Crippen LogP contribution in [0.2, 0.25) is 0 Å². The molecule has 0 spiro atoms. The smallest absolute Gasteiger partial charge is 0.293 e. The van der Waals surface area contributed by atoms with E-state index < -0.39 is 11.1 Å². The maximum Gasteiger partial charge on any atom is 0.293 e. The molecule has 0 bridgehead atoms. The number of amides is 2. The van der Waals surface area contributed by atoms with E-state index in [-0.39, 0.29) is 17.2 Å². The van der Waals surface area contributed by atoms with Gasteiger partial charge in [-0.3, -0.25) is 19.3 Å². The van der Waals surface area contributed by atoms with Gasteiger partial charge in [0.1, 0.15) is 6.61 Å². The van der Waals surface area contributed by atoms with Crippen molar-refractivity contribution in [3.8, 4) is 11.5 Å². The molecule has 1 heterocycles. The molecule has 3 rings (SSSR count). The van der Waals surface area contributed by atoms with Crippen LogP contribution in [0.4, 0.5) is 4.79 Å². The fraction of sp³-hybridized carbons (Fsp3) is 0.174. The molecule has 2 aromatic carbocycles. The third-order valence-electron chi connectivity index (χ3n) is 4.32. The van der Waals surface area contributed by atoms with Gasteiger partial charge in [-0.15, -0.1) is 0 Å². The standard InChI is InChI=1S/C23H19Br2NO5S/c1-3-9-31-21-17(25)10-14(11-19(21)30-4-2)12-20-22(28)26(23(29)32-20)13-18(27)15-5-7-16(24)8-6-15/h3,5-8,10-12H,1,4,9,13H2,2H3/b20-12+. The van der Waals surface area contributed by atoms with Crippen LogP contribution in [0, 0.1) is 0 Å². The van der Waals surface area contributed by atoms with Gasteiger partial charge in [-0.1, -0.05) is 40.7 Å². The highest BCUT2D eigenvalue weighted by atomic mass is 79.9. The molecule has 166 valence electrons. The monoisotopic (exact) mass is 579 g/mol. The Morgan fingerprint density at radius 3 is 2.53 bits per heavy atom. The summed E-state index contributed by atoms with van der Waals surface area (Å²) in [4.78, 5) is 38.9. The number of thioether (sulfide) groups is 1. The normalized spacial score (nSPS) is 14.7. The zero-order valence-corrected chi connectivity index (χ0v) is 21.1. The van der Waals surface area contributed by atoms with Gasteiger partial charge in [0, 0.05) is 10.0 Å². The number of ketones is 1. The molecule has 32 heavy (non-hydrogen) atoms. The molecule has 0 N–H and O–H groups in total. The second kappa shape index (κ2) is 11.0. The van der Waals surface area contributed by atoms with Gasteiger partial charge in [0.05, 0.1) is 22.5 Å². The Bertz CT molecular complexity index is 1100. The van der Waals surface area contributed by atoms with Gasteiger partial charge in [0.25, 0.3) is 11.1 Å². The molecule has 1 fully saturated rings. The van der Waals surface area contributed by atoms with Crippen LogP contribution in [0.25, 0.3) is 6.08 Å². The topological polar surface area (TPSA) is 72.9 Å². The predicted molar refractivity (Wildman–Crippen MR) is 132 cm³/mol. The summed E-state index contributed by atoms with van der Waals surface area (Å²) < 4.78 is 12.8. The molecular formula is C23H19Br2NO5S. The maximum absolute atomic E-state index is 12.8. The SMILES string of the molecule is C=CCOc1c(Br)cc(/C=C2/SC(=O)N(CC(=O)c3ccc(Br)cc3)C2=O)cc1OCC. The minimum atomic E-state index is -0.508. The summed E-state index contributed by atoms with van der Waals surface area (Å²) in [6.45, 7) is 5.91. The lowest BCUT2D eigenvalue weighted by Crippen LogP contribution is -2.33. The Morgan fingerprint density at radius 2 is 1.88 bits per heavy atom. The number of halogens is 2. The van der Waals surface area contributed by atoms with Crippen LogP contribution < -0.4 is 9.47 Å². The molecule has 9 heteroatoms. The number of carbonyl (C=O) groups excluding carboxylic acids is 3. The first-order valence-electron chi connectivity index (χ1n) is 9.58. The molecule has 6 nitrogen and oxygen atoms in total.